The third-order valence-corrected chi connectivity index (χ3v) is 5.14. The highest BCUT2D eigenvalue weighted by Gasteiger charge is 2.20. The van der Waals surface area contributed by atoms with E-state index in [0.717, 1.165) is 18.6 Å². The lowest BCUT2D eigenvalue weighted by atomic mass is 9.92. The van der Waals surface area contributed by atoms with Crippen molar-refractivity contribution >= 4 is 25.8 Å². The van der Waals surface area contributed by atoms with Gasteiger partial charge in [0.05, 0.1) is 15.6 Å². The lowest BCUT2D eigenvalue weighted by Crippen LogP contribution is -2.09. The topological polar surface area (TPSA) is 88.5 Å². The quantitative estimate of drug-likeness (QED) is 0.859. The molecule has 0 aliphatic rings. The molecule has 5 nitrogen and oxygen atoms in total. The van der Waals surface area contributed by atoms with E-state index >= 15 is 0 Å². The molecule has 0 fully saturated rings. The van der Waals surface area contributed by atoms with Gasteiger partial charge in [-0.1, -0.05) is 26.8 Å². The molecule has 1 aromatic rings. The molecule has 0 spiro atoms. The highest BCUT2D eigenvalue weighted by Crippen LogP contribution is 2.28. The van der Waals surface area contributed by atoms with E-state index < -0.39 is 25.1 Å². The molecule has 1 rings (SSSR count). The van der Waals surface area contributed by atoms with Gasteiger partial charge in [-0.15, -0.1) is 0 Å². The number of aliphatic hydroxyl groups excluding tert-OH is 1. The standard InChI is InChI=1S/C14H20O5S2/c1-14(2,3)13(15)8-10-6-7-11(20(4,16)17)9-12(10)21(5,18)19/h6-9,15H,1-5H3/b13-8-. The molecule has 0 aliphatic heterocycles. The number of sulfone groups is 2. The molecule has 7 heteroatoms. The Morgan fingerprint density at radius 1 is 1.05 bits per heavy atom. The first-order valence-corrected chi connectivity index (χ1v) is 9.96. The van der Waals surface area contributed by atoms with Gasteiger partial charge in [-0.05, 0) is 23.8 Å². The Bertz CT molecular complexity index is 779. The molecule has 0 saturated heterocycles. The van der Waals surface area contributed by atoms with Crippen molar-refractivity contribution in [2.24, 2.45) is 5.41 Å². The van der Waals surface area contributed by atoms with Crippen LogP contribution in [0.3, 0.4) is 0 Å². The van der Waals surface area contributed by atoms with Crippen molar-refractivity contribution < 1.29 is 21.9 Å². The van der Waals surface area contributed by atoms with Gasteiger partial charge in [-0.2, -0.15) is 0 Å². The normalized spacial score (nSPS) is 14.2. The van der Waals surface area contributed by atoms with E-state index in [4.69, 9.17) is 0 Å². The van der Waals surface area contributed by atoms with E-state index in [1.807, 2.05) is 0 Å². The number of aliphatic hydroxyl groups is 1. The summed E-state index contributed by atoms with van der Waals surface area (Å²) >= 11 is 0. The van der Waals surface area contributed by atoms with Crippen molar-refractivity contribution in [3.63, 3.8) is 0 Å². The zero-order valence-electron chi connectivity index (χ0n) is 12.7. The SMILES string of the molecule is CC(C)(C)/C(O)=C/c1ccc(S(C)(=O)=O)cc1S(C)(=O)=O. The second-order valence-electron chi connectivity index (χ2n) is 6.02. The highest BCUT2D eigenvalue weighted by atomic mass is 32.2. The summed E-state index contributed by atoms with van der Waals surface area (Å²) in [5.74, 6) is 0.0134. The van der Waals surface area contributed by atoms with Crippen molar-refractivity contribution in [1.82, 2.24) is 0 Å². The summed E-state index contributed by atoms with van der Waals surface area (Å²) in [7, 11) is -7.13. The van der Waals surface area contributed by atoms with Gasteiger partial charge in [0.15, 0.2) is 19.7 Å². The van der Waals surface area contributed by atoms with E-state index in [1.165, 1.54) is 18.2 Å². The van der Waals surface area contributed by atoms with E-state index in [1.54, 1.807) is 20.8 Å². The molecule has 1 aromatic carbocycles. The monoisotopic (exact) mass is 332 g/mol. The molecule has 0 aliphatic carbocycles. The minimum atomic E-state index is -3.63. The summed E-state index contributed by atoms with van der Waals surface area (Å²) in [5.41, 5.74) is -0.276. The fourth-order valence-corrected chi connectivity index (χ4v) is 3.17. The largest absolute Gasteiger partial charge is 0.512 e. The molecule has 0 atom stereocenters. The molecular formula is C14H20O5S2. The third-order valence-electron chi connectivity index (χ3n) is 2.87. The van der Waals surface area contributed by atoms with Crippen molar-refractivity contribution in [3.8, 4) is 0 Å². The molecule has 0 saturated carbocycles. The molecule has 0 unspecified atom stereocenters. The average Bonchev–Trinajstić information content (AvgIpc) is 2.25. The molecule has 0 amide bonds. The average molecular weight is 332 g/mol. The van der Waals surface area contributed by atoms with E-state index in [0.29, 0.717) is 0 Å². The van der Waals surface area contributed by atoms with Crippen molar-refractivity contribution in [3.05, 3.63) is 29.5 Å². The van der Waals surface area contributed by atoms with Gasteiger partial charge >= 0.3 is 0 Å². The molecule has 0 bridgehead atoms. The number of allylic oxidation sites excluding steroid dienone is 1. The fraction of sp³-hybridized carbons (Fsp3) is 0.429. The van der Waals surface area contributed by atoms with Crippen LogP contribution in [-0.2, 0) is 19.7 Å². The van der Waals surface area contributed by atoms with Crippen LogP contribution in [-0.4, -0.2) is 34.5 Å². The molecule has 1 N–H and O–H groups in total. The number of benzene rings is 1. The summed E-state index contributed by atoms with van der Waals surface area (Å²) in [6, 6.07) is 3.83. The molecule has 0 radical (unpaired) electrons. The Kier molecular flexibility index (Phi) is 4.60. The summed E-state index contributed by atoms with van der Waals surface area (Å²) < 4.78 is 46.8. The lowest BCUT2D eigenvalue weighted by molar-refractivity contribution is 0.282. The maximum atomic E-state index is 11.9. The second-order valence-corrected chi connectivity index (χ2v) is 10.0. The van der Waals surface area contributed by atoms with Gasteiger partial charge in [0.2, 0.25) is 0 Å². The van der Waals surface area contributed by atoms with Crippen LogP contribution in [0.25, 0.3) is 6.08 Å². The van der Waals surface area contributed by atoms with Gasteiger partial charge in [0.25, 0.3) is 0 Å². The predicted octanol–water partition coefficient (Wildman–Crippen LogP) is 2.44. The zero-order chi connectivity index (χ0) is 16.6. The zero-order valence-corrected chi connectivity index (χ0v) is 14.3. The first kappa shape index (κ1) is 17.7. The van der Waals surface area contributed by atoms with Crippen molar-refractivity contribution in [1.29, 1.82) is 0 Å². The van der Waals surface area contributed by atoms with Crippen LogP contribution in [0, 0.1) is 5.41 Å². The second kappa shape index (κ2) is 5.46. The smallest absolute Gasteiger partial charge is 0.176 e. The van der Waals surface area contributed by atoms with Gasteiger partial charge < -0.3 is 5.11 Å². The Morgan fingerprint density at radius 3 is 1.95 bits per heavy atom. The van der Waals surface area contributed by atoms with Crippen LogP contribution in [0.1, 0.15) is 26.3 Å². The Balaban J connectivity index is 3.63. The predicted molar refractivity (Wildman–Crippen MR) is 82.7 cm³/mol. The molecule has 118 valence electrons. The summed E-state index contributed by atoms with van der Waals surface area (Å²) in [6.07, 6.45) is 3.36. The summed E-state index contributed by atoms with van der Waals surface area (Å²) in [6.45, 7) is 5.34. The molecular weight excluding hydrogens is 312 g/mol. The number of rotatable bonds is 3. The number of hydrogen-bond acceptors (Lipinski definition) is 5. The summed E-state index contributed by atoms with van der Waals surface area (Å²) in [4.78, 5) is -0.198. The minimum absolute atomic E-state index is 0.0134. The first-order valence-electron chi connectivity index (χ1n) is 6.18. The summed E-state index contributed by atoms with van der Waals surface area (Å²) in [5, 5.41) is 10.0. The van der Waals surface area contributed by atoms with E-state index in [-0.39, 0.29) is 21.1 Å². The first-order chi connectivity index (χ1) is 9.23. The Labute approximate surface area is 126 Å². The van der Waals surface area contributed by atoms with Crippen LogP contribution >= 0.6 is 0 Å². The van der Waals surface area contributed by atoms with Crippen LogP contribution < -0.4 is 0 Å². The van der Waals surface area contributed by atoms with Crippen LogP contribution in [0.2, 0.25) is 0 Å². The Hall–Kier alpha value is -1.34. The van der Waals surface area contributed by atoms with Gasteiger partial charge in [-0.25, -0.2) is 16.8 Å². The van der Waals surface area contributed by atoms with Gasteiger partial charge in [0.1, 0.15) is 0 Å². The van der Waals surface area contributed by atoms with Crippen molar-refractivity contribution in [2.45, 2.75) is 30.6 Å². The maximum absolute atomic E-state index is 11.9. The number of hydrogen-bond donors (Lipinski definition) is 1. The van der Waals surface area contributed by atoms with Gasteiger partial charge in [0, 0.05) is 17.9 Å². The molecule has 0 heterocycles. The minimum Gasteiger partial charge on any atom is -0.512 e. The van der Waals surface area contributed by atoms with Crippen LogP contribution in [0.5, 0.6) is 0 Å². The van der Waals surface area contributed by atoms with E-state index in [2.05, 4.69) is 0 Å². The van der Waals surface area contributed by atoms with Crippen molar-refractivity contribution in [2.75, 3.05) is 12.5 Å². The lowest BCUT2D eigenvalue weighted by Gasteiger charge is -2.18. The van der Waals surface area contributed by atoms with Crippen LogP contribution in [0.4, 0.5) is 0 Å². The van der Waals surface area contributed by atoms with E-state index in [9.17, 15) is 21.9 Å². The van der Waals surface area contributed by atoms with Crippen LogP contribution in [0.15, 0.2) is 33.7 Å². The van der Waals surface area contributed by atoms with Gasteiger partial charge in [-0.3, -0.25) is 0 Å². The molecule has 0 aromatic heterocycles. The third kappa shape index (κ3) is 4.57. The highest BCUT2D eigenvalue weighted by molar-refractivity contribution is 7.91. The molecule has 21 heavy (non-hydrogen) atoms. The maximum Gasteiger partial charge on any atom is 0.176 e. The Morgan fingerprint density at radius 2 is 1.57 bits per heavy atom. The fourth-order valence-electron chi connectivity index (χ4n) is 1.55.